The fraction of sp³-hybridized carbons (Fsp3) is 0.300. The minimum absolute atomic E-state index is 0. The molecule has 1 N–H and O–H groups in total. The van der Waals surface area contributed by atoms with E-state index < -0.39 is 0 Å². The second-order valence-corrected chi connectivity index (χ2v) is 7.45. The van der Waals surface area contributed by atoms with E-state index >= 15 is 0 Å². The molecule has 1 aliphatic heterocycles. The Morgan fingerprint density at radius 2 is 2.04 bits per heavy atom. The van der Waals surface area contributed by atoms with Gasteiger partial charge in [-0.1, -0.05) is 31.2 Å². The Morgan fingerprint density at radius 1 is 1.30 bits per heavy atom. The summed E-state index contributed by atoms with van der Waals surface area (Å²) in [7, 11) is 1.59. The number of likely N-dealkylation sites (N-methyl/N-ethyl adjacent to an activating group) is 1. The van der Waals surface area contributed by atoms with Gasteiger partial charge in [0.2, 0.25) is 0 Å². The summed E-state index contributed by atoms with van der Waals surface area (Å²) in [6.07, 6.45) is 0.939. The molecule has 1 aliphatic rings. The maximum atomic E-state index is 12.8. The minimum atomic E-state index is -0.189. The topological polar surface area (TPSA) is 54.5 Å². The van der Waals surface area contributed by atoms with Crippen molar-refractivity contribution in [1.29, 1.82) is 0 Å². The molecular weight excluding hydrogens is 382 g/mol. The minimum Gasteiger partial charge on any atom is -0.496 e. The predicted molar refractivity (Wildman–Crippen MR) is 112 cm³/mol. The van der Waals surface area contributed by atoms with Gasteiger partial charge in [0.05, 0.1) is 18.4 Å². The lowest BCUT2D eigenvalue weighted by Crippen LogP contribution is -2.29. The number of fused-ring (bicyclic) bond motifs is 2. The van der Waals surface area contributed by atoms with Crippen LogP contribution < -0.4 is 10.1 Å². The zero-order valence-corrected chi connectivity index (χ0v) is 17.0. The number of rotatable bonds is 4. The summed E-state index contributed by atoms with van der Waals surface area (Å²) in [5.41, 5.74) is 1.63. The van der Waals surface area contributed by atoms with E-state index in [0.29, 0.717) is 16.4 Å². The molecule has 0 unspecified atom stereocenters. The van der Waals surface area contributed by atoms with E-state index in [4.69, 9.17) is 4.74 Å². The maximum Gasteiger partial charge on any atom is 0.261 e. The molecule has 3 aromatic rings. The van der Waals surface area contributed by atoms with Crippen LogP contribution >= 0.6 is 23.7 Å². The lowest BCUT2D eigenvalue weighted by Gasteiger charge is -2.23. The van der Waals surface area contributed by atoms with Gasteiger partial charge < -0.3 is 4.74 Å². The highest BCUT2D eigenvalue weighted by Gasteiger charge is 2.21. The molecule has 1 amide bonds. The third-order valence-corrected chi connectivity index (χ3v) is 5.79. The van der Waals surface area contributed by atoms with Gasteiger partial charge >= 0.3 is 0 Å². The highest BCUT2D eigenvalue weighted by molar-refractivity contribution is 7.15. The summed E-state index contributed by atoms with van der Waals surface area (Å²) in [5, 5.41) is 5.67. The van der Waals surface area contributed by atoms with Crippen LogP contribution in [0.25, 0.3) is 10.8 Å². The molecule has 0 aliphatic carbocycles. The zero-order valence-electron chi connectivity index (χ0n) is 15.3. The number of nitrogens with one attached hydrogen (secondary N) is 1. The molecule has 2 aromatic carbocycles. The fourth-order valence-corrected chi connectivity index (χ4v) is 4.35. The van der Waals surface area contributed by atoms with Gasteiger partial charge in [-0.3, -0.25) is 15.0 Å². The Morgan fingerprint density at radius 3 is 2.74 bits per heavy atom. The van der Waals surface area contributed by atoms with E-state index in [1.807, 2.05) is 36.4 Å². The van der Waals surface area contributed by atoms with Crippen molar-refractivity contribution in [2.24, 2.45) is 0 Å². The van der Waals surface area contributed by atoms with Crippen molar-refractivity contribution in [1.82, 2.24) is 9.88 Å². The average Bonchev–Trinajstić information content (AvgIpc) is 3.07. The summed E-state index contributed by atoms with van der Waals surface area (Å²) < 4.78 is 5.44. The molecule has 0 radical (unpaired) electrons. The summed E-state index contributed by atoms with van der Waals surface area (Å²) in [4.78, 5) is 21.1. The Labute approximate surface area is 168 Å². The molecule has 0 atom stereocenters. The molecule has 0 fully saturated rings. The maximum absolute atomic E-state index is 12.8. The van der Waals surface area contributed by atoms with Crippen molar-refractivity contribution < 1.29 is 9.53 Å². The van der Waals surface area contributed by atoms with Crippen LogP contribution in [-0.2, 0) is 13.0 Å². The van der Waals surface area contributed by atoms with Crippen LogP contribution in [0.2, 0.25) is 0 Å². The van der Waals surface area contributed by atoms with E-state index in [2.05, 4.69) is 22.1 Å². The van der Waals surface area contributed by atoms with Gasteiger partial charge in [-0.2, -0.15) is 0 Å². The number of thiazole rings is 1. The number of aromatic nitrogens is 1. The smallest absolute Gasteiger partial charge is 0.261 e. The van der Waals surface area contributed by atoms with Gasteiger partial charge in [0.15, 0.2) is 5.13 Å². The predicted octanol–water partition coefficient (Wildman–Crippen LogP) is 4.36. The second-order valence-electron chi connectivity index (χ2n) is 6.36. The molecule has 1 aromatic heterocycles. The summed E-state index contributed by atoms with van der Waals surface area (Å²) >= 11 is 1.57. The molecule has 0 spiro atoms. The molecule has 4 rings (SSSR count). The van der Waals surface area contributed by atoms with Crippen molar-refractivity contribution in [3.63, 3.8) is 0 Å². The van der Waals surface area contributed by atoms with Crippen molar-refractivity contribution in [2.45, 2.75) is 19.9 Å². The Balaban J connectivity index is 0.00000210. The Kier molecular flexibility index (Phi) is 5.99. The first-order valence-corrected chi connectivity index (χ1v) is 9.58. The average molecular weight is 404 g/mol. The van der Waals surface area contributed by atoms with Crippen LogP contribution in [0.15, 0.2) is 36.4 Å². The van der Waals surface area contributed by atoms with Gasteiger partial charge in [-0.05, 0) is 29.4 Å². The first-order chi connectivity index (χ1) is 12.7. The lowest BCUT2D eigenvalue weighted by atomic mass is 10.1. The number of amides is 1. The summed E-state index contributed by atoms with van der Waals surface area (Å²) in [6.45, 7) is 5.14. The molecule has 0 bridgehead atoms. The highest BCUT2D eigenvalue weighted by Crippen LogP contribution is 2.30. The Bertz CT molecular complexity index is 973. The zero-order chi connectivity index (χ0) is 18.1. The highest BCUT2D eigenvalue weighted by atomic mass is 35.5. The second kappa shape index (κ2) is 8.25. The number of hydrogen-bond donors (Lipinski definition) is 1. The first kappa shape index (κ1) is 19.6. The number of nitrogens with zero attached hydrogens (tertiary/aromatic N) is 2. The quantitative estimate of drug-likeness (QED) is 0.703. The van der Waals surface area contributed by atoms with E-state index in [0.717, 1.165) is 42.5 Å². The van der Waals surface area contributed by atoms with Crippen LogP contribution in [-0.4, -0.2) is 36.0 Å². The molecule has 5 nitrogen and oxygen atoms in total. The molecule has 0 saturated heterocycles. The number of carbonyl (C=O) groups is 1. The number of carbonyl (C=O) groups excluding carboxylic acids is 1. The van der Waals surface area contributed by atoms with Gasteiger partial charge in [-0.15, -0.1) is 23.7 Å². The summed E-state index contributed by atoms with van der Waals surface area (Å²) in [6, 6.07) is 11.7. The largest absolute Gasteiger partial charge is 0.496 e. The van der Waals surface area contributed by atoms with E-state index in [1.54, 1.807) is 18.4 Å². The number of hydrogen-bond acceptors (Lipinski definition) is 5. The van der Waals surface area contributed by atoms with E-state index in [9.17, 15) is 4.79 Å². The first-order valence-electron chi connectivity index (χ1n) is 8.77. The number of ether oxygens (including phenoxy) is 1. The number of methoxy groups -OCH3 is 1. The fourth-order valence-electron chi connectivity index (χ4n) is 3.30. The third kappa shape index (κ3) is 3.93. The van der Waals surface area contributed by atoms with Crippen LogP contribution in [0.4, 0.5) is 5.13 Å². The van der Waals surface area contributed by atoms with Crippen molar-refractivity contribution in [2.75, 3.05) is 25.5 Å². The van der Waals surface area contributed by atoms with Gasteiger partial charge in [0.25, 0.3) is 5.91 Å². The van der Waals surface area contributed by atoms with Crippen LogP contribution in [0.3, 0.4) is 0 Å². The van der Waals surface area contributed by atoms with Crippen LogP contribution in [0, 0.1) is 0 Å². The lowest BCUT2D eigenvalue weighted by molar-refractivity contribution is 0.102. The molecule has 2 heterocycles. The van der Waals surface area contributed by atoms with Gasteiger partial charge in [0.1, 0.15) is 5.75 Å². The number of halogens is 1. The van der Waals surface area contributed by atoms with Crippen molar-refractivity contribution >= 4 is 45.6 Å². The summed E-state index contributed by atoms with van der Waals surface area (Å²) in [5.74, 6) is 0.380. The standard InChI is InChI=1S/C20H21N3O2S.ClH/c1-3-23-9-8-16-18(12-23)26-20(21-16)22-19(24)15-10-13-6-4-5-7-14(13)11-17(15)25-2;/h4-7,10-11H,3,8-9,12H2,1-2H3,(H,21,22,24);1H. The normalized spacial score (nSPS) is 13.7. The molecule has 7 heteroatoms. The third-order valence-electron chi connectivity index (χ3n) is 4.79. The Hall–Kier alpha value is -2.15. The number of benzene rings is 2. The molecular formula is C20H22ClN3O2S. The SMILES string of the molecule is CCN1CCc2nc(NC(=O)c3cc4ccccc4cc3OC)sc2C1.Cl. The van der Waals surface area contributed by atoms with E-state index in [1.165, 1.54) is 4.88 Å². The van der Waals surface area contributed by atoms with Crippen molar-refractivity contribution in [3.8, 4) is 5.75 Å². The van der Waals surface area contributed by atoms with E-state index in [-0.39, 0.29) is 18.3 Å². The molecule has 0 saturated carbocycles. The van der Waals surface area contributed by atoms with Gasteiger partial charge in [-0.25, -0.2) is 4.98 Å². The molecule has 27 heavy (non-hydrogen) atoms. The van der Waals surface area contributed by atoms with Crippen molar-refractivity contribution in [3.05, 3.63) is 52.5 Å². The van der Waals surface area contributed by atoms with Crippen LogP contribution in [0.5, 0.6) is 5.75 Å². The van der Waals surface area contributed by atoms with Crippen LogP contribution in [0.1, 0.15) is 27.9 Å². The number of anilines is 1. The van der Waals surface area contributed by atoms with Gasteiger partial charge in [0, 0.05) is 24.4 Å². The molecule has 142 valence electrons. The monoisotopic (exact) mass is 403 g/mol.